The Morgan fingerprint density at radius 1 is 1.27 bits per heavy atom. The first-order valence-electron chi connectivity index (χ1n) is 11.8. The first kappa shape index (κ1) is 25.2. The third-order valence-electron chi connectivity index (χ3n) is 6.39. The minimum Gasteiger partial charge on any atom is -0.491 e. The number of esters is 1. The number of ether oxygens (including phenoxy) is 2. The zero-order chi connectivity index (χ0) is 26.1. The number of nitrogens with zero attached hydrogens (tertiary/aromatic N) is 3. The maximum atomic E-state index is 12.3. The fourth-order valence-electron chi connectivity index (χ4n) is 4.66. The highest BCUT2D eigenvalue weighted by molar-refractivity contribution is 7.18. The molecule has 0 radical (unpaired) electrons. The van der Waals surface area contributed by atoms with Crippen LogP contribution in [0.25, 0.3) is 21.3 Å². The Labute approximate surface area is 223 Å². The van der Waals surface area contributed by atoms with E-state index < -0.39 is 5.97 Å². The molecule has 8 nitrogen and oxygen atoms in total. The van der Waals surface area contributed by atoms with Gasteiger partial charge in [0.25, 0.3) is 0 Å². The molecule has 0 saturated carbocycles. The maximum Gasteiger partial charge on any atom is 0.340 e. The lowest BCUT2D eigenvalue weighted by molar-refractivity contribution is 0.0603. The summed E-state index contributed by atoms with van der Waals surface area (Å²) >= 11 is 7.81. The molecule has 0 atom stereocenters. The number of methoxy groups -OCH3 is 1. The van der Waals surface area contributed by atoms with Gasteiger partial charge >= 0.3 is 5.97 Å². The van der Waals surface area contributed by atoms with E-state index in [2.05, 4.69) is 16.2 Å². The van der Waals surface area contributed by atoms with Crippen LogP contribution in [0.1, 0.15) is 29.4 Å². The summed E-state index contributed by atoms with van der Waals surface area (Å²) in [6, 6.07) is 7.40. The Balaban J connectivity index is 1.44. The average Bonchev–Trinajstić information content (AvgIpc) is 3.32. The van der Waals surface area contributed by atoms with Crippen molar-refractivity contribution in [3.05, 3.63) is 62.9 Å². The number of carbonyl (C=O) groups excluding carboxylic acids is 2. The molecule has 3 aromatic rings. The lowest BCUT2D eigenvalue weighted by Gasteiger charge is -2.33. The number of fused-ring (bicyclic) bond motifs is 1. The summed E-state index contributed by atoms with van der Waals surface area (Å²) in [5.74, 6) is 3.07. The average molecular weight is 537 g/mol. The van der Waals surface area contributed by atoms with Gasteiger partial charge in [0.1, 0.15) is 23.9 Å². The highest BCUT2D eigenvalue weighted by Gasteiger charge is 2.28. The lowest BCUT2D eigenvalue weighted by Crippen LogP contribution is -2.40. The Morgan fingerprint density at radius 2 is 2.11 bits per heavy atom. The van der Waals surface area contributed by atoms with Crippen molar-refractivity contribution in [3.8, 4) is 16.9 Å². The highest BCUT2D eigenvalue weighted by atomic mass is 35.5. The van der Waals surface area contributed by atoms with E-state index in [1.165, 1.54) is 18.4 Å². The summed E-state index contributed by atoms with van der Waals surface area (Å²) in [5, 5.41) is 5.61. The van der Waals surface area contributed by atoms with E-state index in [4.69, 9.17) is 26.1 Å². The smallest absolute Gasteiger partial charge is 0.340 e. The minimum absolute atomic E-state index is 0.299. The molecule has 0 unspecified atom stereocenters. The number of aryl methyl sites for hydroxylation is 1. The topological polar surface area (TPSA) is 93.1 Å². The maximum absolute atomic E-state index is 12.3. The van der Waals surface area contributed by atoms with Crippen LogP contribution in [0.15, 0.2) is 51.6 Å². The molecule has 2 aromatic heterocycles. The number of aliphatic imine (C=N–C) groups is 1. The van der Waals surface area contributed by atoms with Crippen molar-refractivity contribution >= 4 is 50.9 Å². The van der Waals surface area contributed by atoms with Crippen molar-refractivity contribution in [1.29, 1.82) is 0 Å². The summed E-state index contributed by atoms with van der Waals surface area (Å²) in [6.07, 6.45) is 0.788. The minimum atomic E-state index is -0.429. The number of halogens is 1. The Morgan fingerprint density at radius 3 is 2.89 bits per heavy atom. The number of nitrogens with one attached hydrogen (secondary N) is 1. The second-order valence-electron chi connectivity index (χ2n) is 8.73. The van der Waals surface area contributed by atoms with E-state index in [9.17, 15) is 9.59 Å². The highest BCUT2D eigenvalue weighted by Crippen LogP contribution is 2.40. The van der Waals surface area contributed by atoms with Gasteiger partial charge in [0.2, 0.25) is 0 Å². The molecular weight excluding hydrogens is 512 g/mol. The predicted octanol–water partition coefficient (Wildman–Crippen LogP) is 4.79. The standard InChI is InChI=1S/C27H25ClN4O4S/c1-15-10-19(26-25(30-15)21(14-37-26)27(34)35-3)18-11-17(28)4-5-24(18)36-9-8-32-16(2)31-22-6-7-29-12-20(22)23(32)13-33/h4-5,10-11,14,29H,6-9,12H2,1-3H3. The van der Waals surface area contributed by atoms with E-state index >= 15 is 0 Å². The molecule has 4 heterocycles. The third kappa shape index (κ3) is 4.79. The number of pyridine rings is 1. The molecule has 10 heteroatoms. The summed E-state index contributed by atoms with van der Waals surface area (Å²) < 4.78 is 12.0. The van der Waals surface area contributed by atoms with Gasteiger partial charge in [0, 0.05) is 52.3 Å². The zero-order valence-corrected chi connectivity index (χ0v) is 22.3. The van der Waals surface area contributed by atoms with Crippen LogP contribution in [0.2, 0.25) is 5.02 Å². The number of hydrogen-bond donors (Lipinski definition) is 1. The van der Waals surface area contributed by atoms with Crippen molar-refractivity contribution in [2.24, 2.45) is 4.99 Å². The monoisotopic (exact) mass is 536 g/mol. The van der Waals surface area contributed by atoms with Crippen LogP contribution in [0.3, 0.4) is 0 Å². The molecule has 37 heavy (non-hydrogen) atoms. The van der Waals surface area contributed by atoms with Crippen molar-refractivity contribution in [2.75, 3.05) is 33.4 Å². The van der Waals surface area contributed by atoms with Crippen LogP contribution >= 0.6 is 22.9 Å². The first-order valence-corrected chi connectivity index (χ1v) is 13.1. The first-order chi connectivity index (χ1) is 17.9. The Bertz CT molecular complexity index is 1520. The number of aromatic nitrogens is 1. The number of carbonyl (C=O) groups is 1. The number of thiophene rings is 1. The van der Waals surface area contributed by atoms with E-state index in [-0.39, 0.29) is 0 Å². The summed E-state index contributed by atoms with van der Waals surface area (Å²) in [5.41, 5.74) is 5.78. The van der Waals surface area contributed by atoms with E-state index in [1.807, 2.05) is 36.9 Å². The lowest BCUT2D eigenvalue weighted by atomic mass is 10.0. The van der Waals surface area contributed by atoms with Crippen LogP contribution in [-0.2, 0) is 9.53 Å². The molecule has 2 aliphatic heterocycles. The quantitative estimate of drug-likeness (QED) is 0.358. The fourth-order valence-corrected chi connectivity index (χ4v) is 5.84. The molecule has 0 aliphatic carbocycles. The van der Waals surface area contributed by atoms with E-state index in [1.54, 1.807) is 11.4 Å². The van der Waals surface area contributed by atoms with Crippen LogP contribution in [-0.4, -0.2) is 61.0 Å². The van der Waals surface area contributed by atoms with Crippen molar-refractivity contribution in [3.63, 3.8) is 0 Å². The molecule has 0 saturated heterocycles. The second-order valence-corrected chi connectivity index (χ2v) is 10.0. The summed E-state index contributed by atoms with van der Waals surface area (Å²) in [7, 11) is 1.35. The van der Waals surface area contributed by atoms with E-state index in [0.717, 1.165) is 51.6 Å². The number of amidine groups is 1. The predicted molar refractivity (Wildman–Crippen MR) is 145 cm³/mol. The van der Waals surface area contributed by atoms with Crippen molar-refractivity contribution < 1.29 is 19.1 Å². The SMILES string of the molecule is COC(=O)c1csc2c(-c3cc(Cl)ccc3OCCN3C(=C=O)C4=C(CCNC4)N=C3C)cc(C)nc12. The van der Waals surface area contributed by atoms with Crippen LogP contribution in [0, 0.1) is 6.92 Å². The van der Waals surface area contributed by atoms with Gasteiger partial charge in [-0.25, -0.2) is 14.6 Å². The van der Waals surface area contributed by atoms with Gasteiger partial charge in [0.15, 0.2) is 5.94 Å². The fraction of sp³-hybridized carbons (Fsp3) is 0.296. The van der Waals surface area contributed by atoms with Gasteiger partial charge in [0.05, 0.1) is 35.1 Å². The van der Waals surface area contributed by atoms with Gasteiger partial charge < -0.3 is 19.7 Å². The van der Waals surface area contributed by atoms with Gasteiger partial charge in [-0.2, -0.15) is 0 Å². The molecule has 0 spiro atoms. The molecule has 1 N–H and O–H groups in total. The molecule has 190 valence electrons. The van der Waals surface area contributed by atoms with Gasteiger partial charge in [-0.05, 0) is 38.1 Å². The van der Waals surface area contributed by atoms with Crippen LogP contribution < -0.4 is 10.1 Å². The normalized spacial score (nSPS) is 15.4. The molecule has 0 fully saturated rings. The molecule has 0 bridgehead atoms. The van der Waals surface area contributed by atoms with Crippen LogP contribution in [0.5, 0.6) is 5.75 Å². The van der Waals surface area contributed by atoms with Gasteiger partial charge in [-0.1, -0.05) is 11.6 Å². The molecule has 2 aliphatic rings. The Hall–Kier alpha value is -3.49. The Kier molecular flexibility index (Phi) is 7.13. The van der Waals surface area contributed by atoms with Gasteiger partial charge in [-0.15, -0.1) is 11.3 Å². The van der Waals surface area contributed by atoms with Gasteiger partial charge in [-0.3, -0.25) is 4.98 Å². The summed E-state index contributed by atoms with van der Waals surface area (Å²) in [6.45, 7) is 5.94. The van der Waals surface area contributed by atoms with E-state index in [0.29, 0.717) is 47.2 Å². The number of benzene rings is 1. The second kappa shape index (κ2) is 10.5. The van der Waals surface area contributed by atoms with Crippen LogP contribution in [0.4, 0.5) is 0 Å². The molecular formula is C27H25ClN4O4S. The zero-order valence-electron chi connectivity index (χ0n) is 20.7. The molecule has 0 amide bonds. The van der Waals surface area contributed by atoms with Crippen molar-refractivity contribution in [1.82, 2.24) is 15.2 Å². The van der Waals surface area contributed by atoms with Crippen molar-refractivity contribution in [2.45, 2.75) is 20.3 Å². The molecule has 1 aromatic carbocycles. The molecule has 5 rings (SSSR count). The summed E-state index contributed by atoms with van der Waals surface area (Å²) in [4.78, 5) is 35.3. The largest absolute Gasteiger partial charge is 0.491 e. The third-order valence-corrected chi connectivity index (χ3v) is 7.63. The number of rotatable bonds is 6. The number of hydrogen-bond acceptors (Lipinski definition) is 9.